The lowest BCUT2D eigenvalue weighted by molar-refractivity contribution is -0.143. The Balaban J connectivity index is 2.24. The fraction of sp³-hybridized carbons (Fsp3) is 0.500. The molecular weight excluding hydrogens is 284 g/mol. The zero-order valence-corrected chi connectivity index (χ0v) is 12.9. The normalized spacial score (nSPS) is 21.5. The summed E-state index contributed by atoms with van der Waals surface area (Å²) in [5.74, 6) is -0.211. The van der Waals surface area contributed by atoms with Gasteiger partial charge in [0.25, 0.3) is 0 Å². The summed E-state index contributed by atoms with van der Waals surface area (Å²) in [5.41, 5.74) is 1.38. The molecule has 1 aromatic rings. The first-order valence-electron chi connectivity index (χ1n) is 7.32. The number of aliphatic carboxylic acids is 1. The predicted molar refractivity (Wildman–Crippen MR) is 84.6 cm³/mol. The lowest BCUT2D eigenvalue weighted by Gasteiger charge is -2.30. The molecule has 4 nitrogen and oxygen atoms in total. The van der Waals surface area contributed by atoms with Crippen LogP contribution in [0.25, 0.3) is 0 Å². The quantitative estimate of drug-likeness (QED) is 0.811. The number of rotatable bonds is 5. The van der Waals surface area contributed by atoms with Crippen molar-refractivity contribution in [1.82, 2.24) is 0 Å². The Bertz CT molecular complexity index is 554. The van der Waals surface area contributed by atoms with Crippen molar-refractivity contribution in [2.75, 3.05) is 11.1 Å². The van der Waals surface area contributed by atoms with Gasteiger partial charge in [-0.2, -0.15) is 5.26 Å². The minimum atomic E-state index is -0.746. The number of carboxylic acids is 1. The number of hydrogen-bond donors (Lipinski definition) is 2. The van der Waals surface area contributed by atoms with E-state index in [1.165, 1.54) is 0 Å². The Morgan fingerprint density at radius 1 is 1.48 bits per heavy atom. The molecule has 0 aliphatic heterocycles. The summed E-state index contributed by atoms with van der Waals surface area (Å²) in [6.07, 6.45) is 3.55. The van der Waals surface area contributed by atoms with Crippen LogP contribution in [0.1, 0.15) is 38.2 Å². The van der Waals surface area contributed by atoms with Gasteiger partial charge >= 0.3 is 5.97 Å². The Morgan fingerprint density at radius 3 is 2.90 bits per heavy atom. The zero-order valence-electron chi connectivity index (χ0n) is 12.1. The summed E-state index contributed by atoms with van der Waals surface area (Å²) in [6.45, 7) is 2.05. The molecule has 0 radical (unpaired) electrons. The molecule has 1 aromatic carbocycles. The second-order valence-corrected chi connectivity index (χ2v) is 6.51. The molecule has 0 bridgehead atoms. The fourth-order valence-corrected chi connectivity index (χ4v) is 3.63. The second kappa shape index (κ2) is 7.37. The van der Waals surface area contributed by atoms with Crippen LogP contribution in [-0.2, 0) is 4.79 Å². The average Bonchev–Trinajstić information content (AvgIpc) is 2.48. The summed E-state index contributed by atoms with van der Waals surface area (Å²) >= 11 is 1.63. The molecule has 112 valence electrons. The van der Waals surface area contributed by atoms with Crippen LogP contribution in [-0.4, -0.2) is 22.9 Å². The molecule has 2 unspecified atom stereocenters. The summed E-state index contributed by atoms with van der Waals surface area (Å²) < 4.78 is 0. The first kappa shape index (κ1) is 15.7. The standard InChI is InChI=1S/C16H20N2O2S/c1-2-21-15-9-5-8-14(12(15)10-17)18-13-7-4-3-6-11(13)16(19)20/h5,8-9,11,13,18H,2-4,6-7H2,1H3,(H,19,20). The maximum atomic E-state index is 11.4. The van der Waals surface area contributed by atoms with Crippen LogP contribution in [0.4, 0.5) is 5.69 Å². The molecular formula is C16H20N2O2S. The van der Waals surface area contributed by atoms with Gasteiger partial charge in [-0.1, -0.05) is 25.8 Å². The zero-order chi connectivity index (χ0) is 15.2. The van der Waals surface area contributed by atoms with Crippen molar-refractivity contribution in [3.8, 4) is 6.07 Å². The molecule has 2 rings (SSSR count). The van der Waals surface area contributed by atoms with E-state index in [1.54, 1.807) is 11.8 Å². The molecule has 0 saturated heterocycles. The number of hydrogen-bond acceptors (Lipinski definition) is 4. The molecule has 0 amide bonds. The van der Waals surface area contributed by atoms with Crippen molar-refractivity contribution in [2.45, 2.75) is 43.5 Å². The predicted octanol–water partition coefficient (Wildman–Crippen LogP) is 3.73. The van der Waals surface area contributed by atoms with Gasteiger partial charge < -0.3 is 10.4 Å². The average molecular weight is 304 g/mol. The molecule has 21 heavy (non-hydrogen) atoms. The van der Waals surface area contributed by atoms with Crippen LogP contribution in [0.5, 0.6) is 0 Å². The highest BCUT2D eigenvalue weighted by Crippen LogP contribution is 2.32. The maximum absolute atomic E-state index is 11.4. The number of carboxylic acid groups (broad SMARTS) is 1. The van der Waals surface area contributed by atoms with Gasteiger partial charge in [0.15, 0.2) is 0 Å². The number of benzene rings is 1. The first-order chi connectivity index (χ1) is 10.2. The van der Waals surface area contributed by atoms with Crippen LogP contribution in [0, 0.1) is 17.2 Å². The molecule has 1 aliphatic rings. The third kappa shape index (κ3) is 3.70. The molecule has 0 aromatic heterocycles. The number of nitrogens with one attached hydrogen (secondary N) is 1. The molecule has 2 atom stereocenters. The van der Waals surface area contributed by atoms with E-state index >= 15 is 0 Å². The first-order valence-corrected chi connectivity index (χ1v) is 8.31. The van der Waals surface area contributed by atoms with Gasteiger partial charge in [0.1, 0.15) is 6.07 Å². The molecule has 1 fully saturated rings. The fourth-order valence-electron chi connectivity index (χ4n) is 2.84. The SMILES string of the molecule is CCSc1cccc(NC2CCCCC2C(=O)O)c1C#N. The van der Waals surface area contributed by atoms with Crippen molar-refractivity contribution in [1.29, 1.82) is 5.26 Å². The van der Waals surface area contributed by atoms with E-state index in [9.17, 15) is 15.2 Å². The third-order valence-corrected chi connectivity index (χ3v) is 4.80. The van der Waals surface area contributed by atoms with Gasteiger partial charge in [0, 0.05) is 10.9 Å². The molecule has 0 spiro atoms. The Kier molecular flexibility index (Phi) is 5.51. The number of carbonyl (C=O) groups is 1. The van der Waals surface area contributed by atoms with Gasteiger partial charge in [0.05, 0.1) is 17.2 Å². The Morgan fingerprint density at radius 2 is 2.24 bits per heavy atom. The third-order valence-electron chi connectivity index (χ3n) is 3.86. The number of thioether (sulfide) groups is 1. The number of nitriles is 1. The Hall–Kier alpha value is -1.67. The van der Waals surface area contributed by atoms with Crippen LogP contribution in [0.3, 0.4) is 0 Å². The van der Waals surface area contributed by atoms with E-state index in [0.717, 1.165) is 35.6 Å². The topological polar surface area (TPSA) is 73.1 Å². The van der Waals surface area contributed by atoms with Crippen molar-refractivity contribution in [3.05, 3.63) is 23.8 Å². The summed E-state index contributed by atoms with van der Waals surface area (Å²) in [6, 6.07) is 7.88. The van der Waals surface area contributed by atoms with E-state index < -0.39 is 5.97 Å². The highest BCUT2D eigenvalue weighted by atomic mass is 32.2. The van der Waals surface area contributed by atoms with E-state index in [0.29, 0.717) is 12.0 Å². The number of anilines is 1. The Labute approximate surface area is 129 Å². The minimum Gasteiger partial charge on any atom is -0.481 e. The molecule has 2 N–H and O–H groups in total. The second-order valence-electron chi connectivity index (χ2n) is 5.20. The van der Waals surface area contributed by atoms with E-state index in [1.807, 2.05) is 25.1 Å². The highest BCUT2D eigenvalue weighted by Gasteiger charge is 2.31. The van der Waals surface area contributed by atoms with Crippen molar-refractivity contribution >= 4 is 23.4 Å². The van der Waals surface area contributed by atoms with E-state index in [4.69, 9.17) is 0 Å². The lowest BCUT2D eigenvalue weighted by Crippen LogP contribution is -2.37. The molecule has 1 aliphatic carbocycles. The van der Waals surface area contributed by atoms with Gasteiger partial charge in [-0.05, 0) is 30.7 Å². The van der Waals surface area contributed by atoms with Crippen molar-refractivity contribution in [2.24, 2.45) is 5.92 Å². The van der Waals surface area contributed by atoms with Gasteiger partial charge in [-0.3, -0.25) is 4.79 Å². The van der Waals surface area contributed by atoms with Gasteiger partial charge in [-0.25, -0.2) is 0 Å². The van der Waals surface area contributed by atoms with Gasteiger partial charge in [-0.15, -0.1) is 11.8 Å². The number of nitrogens with zero attached hydrogens (tertiary/aromatic N) is 1. The summed E-state index contributed by atoms with van der Waals surface area (Å²) in [4.78, 5) is 12.3. The van der Waals surface area contributed by atoms with E-state index in [2.05, 4.69) is 11.4 Å². The largest absolute Gasteiger partial charge is 0.481 e. The monoisotopic (exact) mass is 304 g/mol. The molecule has 1 saturated carbocycles. The van der Waals surface area contributed by atoms with Crippen LogP contribution < -0.4 is 5.32 Å². The molecule has 5 heteroatoms. The van der Waals surface area contributed by atoms with Crippen LogP contribution in [0.15, 0.2) is 23.1 Å². The minimum absolute atomic E-state index is 0.0924. The summed E-state index contributed by atoms with van der Waals surface area (Å²) in [7, 11) is 0. The summed E-state index contributed by atoms with van der Waals surface area (Å²) in [5, 5.41) is 22.1. The highest BCUT2D eigenvalue weighted by molar-refractivity contribution is 7.99. The van der Waals surface area contributed by atoms with Crippen molar-refractivity contribution < 1.29 is 9.90 Å². The molecule has 0 heterocycles. The smallest absolute Gasteiger partial charge is 0.308 e. The van der Waals surface area contributed by atoms with Crippen LogP contribution >= 0.6 is 11.8 Å². The van der Waals surface area contributed by atoms with Crippen LogP contribution in [0.2, 0.25) is 0 Å². The van der Waals surface area contributed by atoms with E-state index in [-0.39, 0.29) is 12.0 Å². The maximum Gasteiger partial charge on any atom is 0.308 e. The lowest BCUT2D eigenvalue weighted by atomic mass is 9.84. The van der Waals surface area contributed by atoms with Crippen molar-refractivity contribution in [3.63, 3.8) is 0 Å². The van der Waals surface area contributed by atoms with Gasteiger partial charge in [0.2, 0.25) is 0 Å².